The van der Waals surface area contributed by atoms with E-state index in [4.69, 9.17) is 4.74 Å². The number of aromatic nitrogens is 5. The molecule has 0 unspecified atom stereocenters. The van der Waals surface area contributed by atoms with Gasteiger partial charge in [0.1, 0.15) is 11.2 Å². The van der Waals surface area contributed by atoms with Crippen LogP contribution in [0, 0.1) is 0 Å². The second-order valence-electron chi connectivity index (χ2n) is 7.30. The number of morpholine rings is 1. The van der Waals surface area contributed by atoms with Gasteiger partial charge in [-0.3, -0.25) is 9.48 Å². The largest absolute Gasteiger partial charge is 0.373 e. The van der Waals surface area contributed by atoms with Crippen LogP contribution in [-0.2, 0) is 18.8 Å². The van der Waals surface area contributed by atoms with E-state index in [1.165, 1.54) is 0 Å². The number of rotatable bonds is 4. The highest BCUT2D eigenvalue weighted by Gasteiger charge is 2.38. The second kappa shape index (κ2) is 6.82. The molecule has 1 saturated heterocycles. The molecule has 4 heterocycles. The molecule has 144 valence electrons. The van der Waals surface area contributed by atoms with E-state index in [0.29, 0.717) is 18.7 Å². The Morgan fingerprint density at radius 3 is 2.78 bits per heavy atom. The number of aryl methyl sites for hydroxylation is 2. The molecule has 2 atom stereocenters. The summed E-state index contributed by atoms with van der Waals surface area (Å²) in [5, 5.41) is 8.62. The summed E-state index contributed by atoms with van der Waals surface area (Å²) in [7, 11) is 7.82. The maximum absolute atomic E-state index is 13.5. The second-order valence-corrected chi connectivity index (χ2v) is 7.30. The van der Waals surface area contributed by atoms with Crippen molar-refractivity contribution in [2.24, 2.45) is 14.1 Å². The molecule has 0 bridgehead atoms. The molecule has 9 nitrogen and oxygen atoms in total. The van der Waals surface area contributed by atoms with Gasteiger partial charge >= 0.3 is 0 Å². The minimum Gasteiger partial charge on any atom is -0.373 e. The summed E-state index contributed by atoms with van der Waals surface area (Å²) in [6.45, 7) is 1.76. The van der Waals surface area contributed by atoms with Crippen LogP contribution in [0.25, 0.3) is 5.65 Å². The zero-order valence-corrected chi connectivity index (χ0v) is 16.1. The molecule has 27 heavy (non-hydrogen) atoms. The molecule has 0 aromatic carbocycles. The molecule has 1 aliphatic heterocycles. The molecule has 0 saturated carbocycles. The van der Waals surface area contributed by atoms with Gasteiger partial charge in [-0.05, 0) is 14.1 Å². The Labute approximate surface area is 157 Å². The number of amides is 1. The lowest BCUT2D eigenvalue weighted by Crippen LogP contribution is -2.51. The van der Waals surface area contributed by atoms with Crippen LogP contribution in [0.5, 0.6) is 0 Å². The summed E-state index contributed by atoms with van der Waals surface area (Å²) in [5.74, 6) is -0.0345. The van der Waals surface area contributed by atoms with Crippen molar-refractivity contribution in [2.75, 3.05) is 33.8 Å². The molecule has 3 aromatic rings. The summed E-state index contributed by atoms with van der Waals surface area (Å²) < 4.78 is 11.5. The highest BCUT2D eigenvalue weighted by molar-refractivity contribution is 6.00. The first kappa shape index (κ1) is 17.7. The van der Waals surface area contributed by atoms with Gasteiger partial charge in [-0.1, -0.05) is 0 Å². The minimum atomic E-state index is -0.197. The molecular formula is C18H25N7O2. The van der Waals surface area contributed by atoms with E-state index in [1.807, 2.05) is 62.4 Å². The highest BCUT2D eigenvalue weighted by Crippen LogP contribution is 2.31. The lowest BCUT2D eigenvalue weighted by Gasteiger charge is -2.41. The molecule has 1 fully saturated rings. The van der Waals surface area contributed by atoms with Gasteiger partial charge in [-0.15, -0.1) is 0 Å². The lowest BCUT2D eigenvalue weighted by molar-refractivity contribution is -0.0684. The van der Waals surface area contributed by atoms with E-state index in [0.717, 1.165) is 17.8 Å². The topological polar surface area (TPSA) is 72.8 Å². The number of carbonyl (C=O) groups is 1. The van der Waals surface area contributed by atoms with Gasteiger partial charge < -0.3 is 19.1 Å². The molecule has 1 aliphatic rings. The maximum Gasteiger partial charge on any atom is 0.259 e. The standard InChI is InChI=1S/C18H25N7O2/c1-21(2)12-15-16(13-9-19-23(4)11-13)24(7-8-27-15)18(26)14-10-20-25-6-5-22(3)17(14)25/h5-6,9-11,15-16H,7-8,12H2,1-4H3/t15-,16-/m0/s1. The van der Waals surface area contributed by atoms with Crippen LogP contribution in [0.1, 0.15) is 22.0 Å². The van der Waals surface area contributed by atoms with Crippen LogP contribution < -0.4 is 0 Å². The Morgan fingerprint density at radius 2 is 2.07 bits per heavy atom. The number of carbonyl (C=O) groups excluding carboxylic acids is 1. The predicted molar refractivity (Wildman–Crippen MR) is 99.4 cm³/mol. The summed E-state index contributed by atoms with van der Waals surface area (Å²) in [5.41, 5.74) is 2.37. The molecule has 1 amide bonds. The van der Waals surface area contributed by atoms with Gasteiger partial charge in [0.25, 0.3) is 5.91 Å². The van der Waals surface area contributed by atoms with Gasteiger partial charge in [-0.2, -0.15) is 10.2 Å². The minimum absolute atomic E-state index is 0.0345. The van der Waals surface area contributed by atoms with Crippen molar-refractivity contribution < 1.29 is 9.53 Å². The quantitative estimate of drug-likeness (QED) is 0.670. The lowest BCUT2D eigenvalue weighted by atomic mass is 9.99. The van der Waals surface area contributed by atoms with Crippen LogP contribution in [-0.4, -0.2) is 79.6 Å². The van der Waals surface area contributed by atoms with E-state index in [2.05, 4.69) is 15.1 Å². The van der Waals surface area contributed by atoms with Crippen molar-refractivity contribution in [3.63, 3.8) is 0 Å². The average Bonchev–Trinajstić information content (AvgIpc) is 3.32. The number of hydrogen-bond acceptors (Lipinski definition) is 5. The number of hydrogen-bond donors (Lipinski definition) is 0. The predicted octanol–water partition coefficient (Wildman–Crippen LogP) is 0.550. The Kier molecular flexibility index (Phi) is 4.48. The van der Waals surface area contributed by atoms with Crippen molar-refractivity contribution in [1.82, 2.24) is 33.8 Å². The van der Waals surface area contributed by atoms with Gasteiger partial charge in [0.05, 0.1) is 31.1 Å². The number of ether oxygens (including phenoxy) is 1. The van der Waals surface area contributed by atoms with E-state index in [-0.39, 0.29) is 18.1 Å². The molecule has 4 rings (SSSR count). The maximum atomic E-state index is 13.5. The summed E-state index contributed by atoms with van der Waals surface area (Å²) in [6, 6.07) is -0.197. The monoisotopic (exact) mass is 371 g/mol. The van der Waals surface area contributed by atoms with Gasteiger partial charge in [0, 0.05) is 51.3 Å². The van der Waals surface area contributed by atoms with Crippen molar-refractivity contribution in [3.8, 4) is 0 Å². The zero-order chi connectivity index (χ0) is 19.1. The number of nitrogens with zero attached hydrogens (tertiary/aromatic N) is 7. The average molecular weight is 371 g/mol. The fourth-order valence-electron chi connectivity index (χ4n) is 3.82. The normalized spacial score (nSPS) is 20.7. The van der Waals surface area contributed by atoms with Gasteiger partial charge in [0.15, 0.2) is 0 Å². The summed E-state index contributed by atoms with van der Waals surface area (Å²) >= 11 is 0. The van der Waals surface area contributed by atoms with E-state index in [9.17, 15) is 4.79 Å². The Hall–Kier alpha value is -2.65. The SMILES string of the molecule is CN(C)C[C@@H]1OCCN(C(=O)c2cnn3ccn(C)c23)[C@H]1c1cnn(C)c1. The van der Waals surface area contributed by atoms with Crippen molar-refractivity contribution in [3.05, 3.63) is 42.1 Å². The highest BCUT2D eigenvalue weighted by atomic mass is 16.5. The van der Waals surface area contributed by atoms with E-state index < -0.39 is 0 Å². The van der Waals surface area contributed by atoms with Crippen molar-refractivity contribution in [1.29, 1.82) is 0 Å². The third-order valence-electron chi connectivity index (χ3n) is 4.99. The van der Waals surface area contributed by atoms with Crippen LogP contribution in [0.4, 0.5) is 0 Å². The Morgan fingerprint density at radius 1 is 1.26 bits per heavy atom. The molecule has 0 aliphatic carbocycles. The first-order valence-electron chi connectivity index (χ1n) is 9.00. The number of likely N-dealkylation sites (N-methyl/N-ethyl adjacent to an activating group) is 1. The fraction of sp³-hybridized carbons (Fsp3) is 0.500. The molecule has 0 radical (unpaired) electrons. The van der Waals surface area contributed by atoms with Crippen LogP contribution in [0.2, 0.25) is 0 Å². The number of imidazole rings is 1. The molecular weight excluding hydrogens is 346 g/mol. The third-order valence-corrected chi connectivity index (χ3v) is 4.99. The Balaban J connectivity index is 1.74. The third kappa shape index (κ3) is 3.13. The molecule has 3 aromatic heterocycles. The van der Waals surface area contributed by atoms with E-state index >= 15 is 0 Å². The van der Waals surface area contributed by atoms with Crippen LogP contribution >= 0.6 is 0 Å². The smallest absolute Gasteiger partial charge is 0.259 e. The van der Waals surface area contributed by atoms with Crippen molar-refractivity contribution >= 4 is 11.6 Å². The van der Waals surface area contributed by atoms with Crippen molar-refractivity contribution in [2.45, 2.75) is 12.1 Å². The van der Waals surface area contributed by atoms with Gasteiger partial charge in [0.2, 0.25) is 0 Å². The van der Waals surface area contributed by atoms with E-state index in [1.54, 1.807) is 15.4 Å². The molecule has 0 spiro atoms. The zero-order valence-electron chi connectivity index (χ0n) is 16.1. The summed E-state index contributed by atoms with van der Waals surface area (Å²) in [6.07, 6.45) is 9.04. The fourth-order valence-corrected chi connectivity index (χ4v) is 3.82. The Bertz CT molecular complexity index is 954. The van der Waals surface area contributed by atoms with Crippen LogP contribution in [0.15, 0.2) is 31.0 Å². The number of fused-ring (bicyclic) bond motifs is 1. The first-order chi connectivity index (χ1) is 13.0. The van der Waals surface area contributed by atoms with Gasteiger partial charge in [-0.25, -0.2) is 4.52 Å². The summed E-state index contributed by atoms with van der Waals surface area (Å²) in [4.78, 5) is 17.5. The molecule has 0 N–H and O–H groups in total. The first-order valence-corrected chi connectivity index (χ1v) is 9.00. The van der Waals surface area contributed by atoms with Crippen LogP contribution in [0.3, 0.4) is 0 Å². The molecule has 9 heteroatoms.